The minimum absolute atomic E-state index is 0.475. The average Bonchev–Trinajstić information content (AvgIpc) is 2.90. The molecule has 0 aliphatic carbocycles. The van der Waals surface area contributed by atoms with E-state index < -0.39 is 0 Å². The molecule has 0 aromatic carbocycles. The highest BCUT2D eigenvalue weighted by Crippen LogP contribution is 2.22. The lowest BCUT2D eigenvalue weighted by molar-refractivity contribution is 0.335. The number of pyridine rings is 1. The topological polar surface area (TPSA) is 16.1 Å². The minimum Gasteiger partial charge on any atom is -0.366 e. The van der Waals surface area contributed by atoms with E-state index in [0.717, 1.165) is 18.0 Å². The third-order valence-electron chi connectivity index (χ3n) is 3.13. The maximum atomic E-state index is 4.41. The van der Waals surface area contributed by atoms with Crippen LogP contribution in [-0.2, 0) is 6.54 Å². The van der Waals surface area contributed by atoms with Crippen LogP contribution >= 0.6 is 11.8 Å². The Morgan fingerprint density at radius 1 is 1.61 bits per heavy atom. The molecule has 0 N–H and O–H groups in total. The van der Waals surface area contributed by atoms with Crippen molar-refractivity contribution in [3.8, 4) is 0 Å². The highest BCUT2D eigenvalue weighted by atomic mass is 32.2. The Hall–Kier alpha value is -1.22. The molecule has 96 valence electrons. The van der Waals surface area contributed by atoms with Crippen LogP contribution < -0.4 is 0 Å². The molecular weight excluding hydrogens is 240 g/mol. The summed E-state index contributed by atoms with van der Waals surface area (Å²) in [6.07, 6.45) is 6.10. The van der Waals surface area contributed by atoms with Crippen LogP contribution in [0.25, 0.3) is 0 Å². The number of hydrogen-bond acceptors (Lipinski definition) is 3. The predicted molar refractivity (Wildman–Crippen MR) is 79.5 cm³/mol. The smallest absolute Gasteiger partial charge is 0.0572 e. The Labute approximate surface area is 114 Å². The van der Waals surface area contributed by atoms with E-state index in [0.29, 0.717) is 12.0 Å². The molecule has 0 saturated heterocycles. The highest BCUT2D eigenvalue weighted by Gasteiger charge is 2.16. The first kappa shape index (κ1) is 13.2. The molecule has 1 atom stereocenters. The fraction of sp³-hybridized carbons (Fsp3) is 0.400. The number of rotatable bonds is 5. The van der Waals surface area contributed by atoms with Crippen LogP contribution in [0.4, 0.5) is 0 Å². The number of aromatic nitrogens is 1. The molecule has 0 saturated carbocycles. The zero-order valence-electron chi connectivity index (χ0n) is 11.0. The van der Waals surface area contributed by atoms with Gasteiger partial charge in [-0.2, -0.15) is 0 Å². The van der Waals surface area contributed by atoms with Crippen molar-refractivity contribution < 1.29 is 0 Å². The lowest BCUT2D eigenvalue weighted by atomic mass is 10.1. The lowest BCUT2D eigenvalue weighted by Gasteiger charge is -2.25. The van der Waals surface area contributed by atoms with E-state index in [-0.39, 0.29) is 0 Å². The normalized spacial score (nSPS) is 18.3. The van der Waals surface area contributed by atoms with Crippen LogP contribution in [0.1, 0.15) is 31.0 Å². The summed E-state index contributed by atoms with van der Waals surface area (Å²) < 4.78 is 0. The Kier molecular flexibility index (Phi) is 4.48. The van der Waals surface area contributed by atoms with Gasteiger partial charge in [-0.05, 0) is 35.2 Å². The van der Waals surface area contributed by atoms with Crippen LogP contribution in [0.15, 0.2) is 42.6 Å². The first-order chi connectivity index (χ1) is 8.70. The van der Waals surface area contributed by atoms with Crippen molar-refractivity contribution in [3.05, 3.63) is 53.8 Å². The molecule has 1 aromatic rings. The predicted octanol–water partition coefficient (Wildman–Crippen LogP) is 3.78. The van der Waals surface area contributed by atoms with Crippen molar-refractivity contribution in [2.24, 2.45) is 0 Å². The second kappa shape index (κ2) is 6.10. The molecule has 18 heavy (non-hydrogen) atoms. The van der Waals surface area contributed by atoms with Crippen molar-refractivity contribution in [3.63, 3.8) is 0 Å². The Bertz CT molecular complexity index is 440. The summed E-state index contributed by atoms with van der Waals surface area (Å²) in [6.45, 7) is 9.18. The molecule has 0 bridgehead atoms. The number of thioether (sulfide) groups is 1. The monoisotopic (exact) mass is 260 g/mol. The van der Waals surface area contributed by atoms with E-state index in [1.807, 2.05) is 24.2 Å². The maximum Gasteiger partial charge on any atom is 0.0572 e. The summed E-state index contributed by atoms with van der Waals surface area (Å²) in [5.41, 5.74) is 2.46. The standard InChI is InChI=1S/C15H20N2S/c1-4-17(14-6-8-18-11-14)10-13-5-7-16-15(9-13)12(2)3/h4-9,12,14H,1,10-11H2,2-3H3. The Morgan fingerprint density at radius 2 is 2.44 bits per heavy atom. The van der Waals surface area contributed by atoms with Crippen LogP contribution in [0.2, 0.25) is 0 Å². The van der Waals surface area contributed by atoms with Crippen molar-refractivity contribution >= 4 is 11.8 Å². The quantitative estimate of drug-likeness (QED) is 0.801. The van der Waals surface area contributed by atoms with Crippen molar-refractivity contribution in [2.45, 2.75) is 32.4 Å². The van der Waals surface area contributed by atoms with Crippen LogP contribution in [0.5, 0.6) is 0 Å². The van der Waals surface area contributed by atoms with E-state index in [1.54, 1.807) is 0 Å². The summed E-state index contributed by atoms with van der Waals surface area (Å²) in [6, 6.07) is 4.77. The van der Waals surface area contributed by atoms with E-state index in [1.165, 1.54) is 5.56 Å². The molecule has 1 unspecified atom stereocenters. The van der Waals surface area contributed by atoms with E-state index in [2.05, 4.69) is 53.9 Å². The molecule has 2 nitrogen and oxygen atoms in total. The molecule has 2 rings (SSSR count). The van der Waals surface area contributed by atoms with Gasteiger partial charge in [-0.15, -0.1) is 11.8 Å². The third-order valence-corrected chi connectivity index (χ3v) is 4.01. The van der Waals surface area contributed by atoms with Crippen molar-refractivity contribution in [1.82, 2.24) is 9.88 Å². The zero-order valence-corrected chi connectivity index (χ0v) is 11.9. The minimum atomic E-state index is 0.475. The molecular formula is C15H20N2S. The van der Waals surface area contributed by atoms with Gasteiger partial charge in [0.1, 0.15) is 0 Å². The van der Waals surface area contributed by atoms with E-state index >= 15 is 0 Å². The lowest BCUT2D eigenvalue weighted by Crippen LogP contribution is -2.28. The largest absolute Gasteiger partial charge is 0.366 e. The van der Waals surface area contributed by atoms with Crippen LogP contribution in [-0.4, -0.2) is 21.7 Å². The third kappa shape index (κ3) is 3.16. The summed E-state index contributed by atoms with van der Waals surface area (Å²) >= 11 is 1.86. The van der Waals surface area contributed by atoms with Gasteiger partial charge < -0.3 is 4.90 Å². The second-order valence-electron chi connectivity index (χ2n) is 4.83. The van der Waals surface area contributed by atoms with Crippen LogP contribution in [0, 0.1) is 0 Å². The van der Waals surface area contributed by atoms with E-state index in [9.17, 15) is 0 Å². The van der Waals surface area contributed by atoms with Crippen molar-refractivity contribution in [1.29, 1.82) is 0 Å². The van der Waals surface area contributed by atoms with Gasteiger partial charge in [-0.25, -0.2) is 0 Å². The van der Waals surface area contributed by atoms with E-state index in [4.69, 9.17) is 0 Å². The molecule has 3 heteroatoms. The molecule has 1 aliphatic rings. The molecule has 0 radical (unpaired) electrons. The zero-order chi connectivity index (χ0) is 13.0. The molecule has 0 spiro atoms. The maximum absolute atomic E-state index is 4.41. The first-order valence-electron chi connectivity index (χ1n) is 6.32. The van der Waals surface area contributed by atoms with Crippen molar-refractivity contribution in [2.75, 3.05) is 5.75 Å². The summed E-state index contributed by atoms with van der Waals surface area (Å²) in [5, 5.41) is 2.17. The number of nitrogens with zero attached hydrogens (tertiary/aromatic N) is 2. The first-order valence-corrected chi connectivity index (χ1v) is 7.37. The van der Waals surface area contributed by atoms with Gasteiger partial charge in [0.25, 0.3) is 0 Å². The SMILES string of the molecule is C=CN(Cc1ccnc(C(C)C)c1)C1C=CSC1. The van der Waals surface area contributed by atoms with Crippen LogP contribution in [0.3, 0.4) is 0 Å². The highest BCUT2D eigenvalue weighted by molar-refractivity contribution is 8.02. The van der Waals surface area contributed by atoms with Gasteiger partial charge in [0.2, 0.25) is 0 Å². The average molecular weight is 260 g/mol. The Morgan fingerprint density at radius 3 is 3.06 bits per heavy atom. The molecule has 1 aromatic heterocycles. The van der Waals surface area contributed by atoms with Gasteiger partial charge in [0.05, 0.1) is 6.04 Å². The summed E-state index contributed by atoms with van der Waals surface area (Å²) in [5.74, 6) is 1.60. The molecule has 1 aliphatic heterocycles. The number of hydrogen-bond donors (Lipinski definition) is 0. The molecule has 0 fully saturated rings. The fourth-order valence-corrected chi connectivity index (χ4v) is 2.90. The van der Waals surface area contributed by atoms with Gasteiger partial charge in [0, 0.05) is 24.2 Å². The molecule has 2 heterocycles. The van der Waals surface area contributed by atoms with Gasteiger partial charge in [-0.3, -0.25) is 4.98 Å². The summed E-state index contributed by atoms with van der Waals surface area (Å²) in [4.78, 5) is 6.69. The molecule has 0 amide bonds. The van der Waals surface area contributed by atoms with Gasteiger partial charge in [-0.1, -0.05) is 26.5 Å². The fourth-order valence-electron chi connectivity index (χ4n) is 2.00. The van der Waals surface area contributed by atoms with Gasteiger partial charge in [0.15, 0.2) is 0 Å². The van der Waals surface area contributed by atoms with Gasteiger partial charge >= 0.3 is 0 Å². The Balaban J connectivity index is 2.09. The summed E-state index contributed by atoms with van der Waals surface area (Å²) in [7, 11) is 0. The second-order valence-corrected chi connectivity index (χ2v) is 5.77.